The first-order valence-corrected chi connectivity index (χ1v) is 7.84. The molecule has 1 aromatic carbocycles. The highest BCUT2D eigenvalue weighted by molar-refractivity contribution is 6.32. The SMILES string of the molecule is Cn1cc(C(C)(O)CNCc2cc(Cl)c3c(c2)OCCO3)cn1. The second-order valence-electron chi connectivity index (χ2n) is 5.88. The van der Waals surface area contributed by atoms with Crippen molar-refractivity contribution in [3.63, 3.8) is 0 Å². The van der Waals surface area contributed by atoms with E-state index >= 15 is 0 Å². The van der Waals surface area contributed by atoms with E-state index in [2.05, 4.69) is 10.4 Å². The van der Waals surface area contributed by atoms with Crippen LogP contribution in [0.4, 0.5) is 0 Å². The van der Waals surface area contributed by atoms with Crippen LogP contribution in [0.2, 0.25) is 5.02 Å². The van der Waals surface area contributed by atoms with Crippen molar-refractivity contribution in [3.05, 3.63) is 40.7 Å². The third-order valence-electron chi connectivity index (χ3n) is 3.78. The van der Waals surface area contributed by atoms with Crippen LogP contribution in [0.15, 0.2) is 24.5 Å². The summed E-state index contributed by atoms with van der Waals surface area (Å²) in [5.74, 6) is 1.27. The highest BCUT2D eigenvalue weighted by Crippen LogP contribution is 2.38. The van der Waals surface area contributed by atoms with Crippen LogP contribution in [0, 0.1) is 0 Å². The van der Waals surface area contributed by atoms with Crippen LogP contribution < -0.4 is 14.8 Å². The zero-order valence-corrected chi connectivity index (χ0v) is 13.9. The van der Waals surface area contributed by atoms with Crippen LogP contribution in [0.25, 0.3) is 0 Å². The lowest BCUT2D eigenvalue weighted by molar-refractivity contribution is 0.0566. The number of ether oxygens (including phenoxy) is 2. The smallest absolute Gasteiger partial charge is 0.179 e. The van der Waals surface area contributed by atoms with Gasteiger partial charge in [0.2, 0.25) is 0 Å². The Hall–Kier alpha value is -1.76. The monoisotopic (exact) mass is 337 g/mol. The Morgan fingerprint density at radius 2 is 2.17 bits per heavy atom. The molecule has 124 valence electrons. The predicted molar refractivity (Wildman–Crippen MR) is 86.9 cm³/mol. The normalized spacial score (nSPS) is 16.2. The Morgan fingerprint density at radius 1 is 1.39 bits per heavy atom. The summed E-state index contributed by atoms with van der Waals surface area (Å²) in [7, 11) is 1.82. The van der Waals surface area contributed by atoms with Crippen LogP contribution in [0.1, 0.15) is 18.1 Å². The summed E-state index contributed by atoms with van der Waals surface area (Å²) in [4.78, 5) is 0. The molecule has 1 unspecified atom stereocenters. The third-order valence-corrected chi connectivity index (χ3v) is 4.06. The van der Waals surface area contributed by atoms with Crippen molar-refractivity contribution >= 4 is 11.6 Å². The number of benzene rings is 1. The molecule has 1 atom stereocenters. The second-order valence-corrected chi connectivity index (χ2v) is 6.29. The van der Waals surface area contributed by atoms with Gasteiger partial charge in [-0.15, -0.1) is 0 Å². The molecule has 0 fully saturated rings. The first kappa shape index (κ1) is 16.1. The highest BCUT2D eigenvalue weighted by Gasteiger charge is 2.24. The van der Waals surface area contributed by atoms with Gasteiger partial charge in [-0.3, -0.25) is 4.68 Å². The number of rotatable bonds is 5. The average molecular weight is 338 g/mol. The molecule has 0 aliphatic carbocycles. The van der Waals surface area contributed by atoms with Gasteiger partial charge in [0, 0.05) is 31.9 Å². The number of nitrogens with zero attached hydrogens (tertiary/aromatic N) is 2. The molecule has 2 N–H and O–H groups in total. The Balaban J connectivity index is 1.63. The number of fused-ring (bicyclic) bond motifs is 1. The fraction of sp³-hybridized carbons (Fsp3) is 0.438. The van der Waals surface area contributed by atoms with Crippen LogP contribution >= 0.6 is 11.6 Å². The lowest BCUT2D eigenvalue weighted by Crippen LogP contribution is -2.34. The molecule has 6 nitrogen and oxygen atoms in total. The predicted octanol–water partition coefficient (Wildman–Crippen LogP) is 1.84. The Labute approximate surface area is 140 Å². The van der Waals surface area contributed by atoms with Gasteiger partial charge in [-0.2, -0.15) is 5.10 Å². The molecule has 0 saturated heterocycles. The minimum atomic E-state index is -0.994. The van der Waals surface area contributed by atoms with Crippen molar-refractivity contribution in [1.29, 1.82) is 0 Å². The summed E-state index contributed by atoms with van der Waals surface area (Å²) >= 11 is 6.22. The fourth-order valence-electron chi connectivity index (χ4n) is 2.52. The van der Waals surface area contributed by atoms with Gasteiger partial charge < -0.3 is 19.9 Å². The third kappa shape index (κ3) is 3.60. The Kier molecular flexibility index (Phi) is 4.48. The van der Waals surface area contributed by atoms with E-state index in [-0.39, 0.29) is 0 Å². The van der Waals surface area contributed by atoms with E-state index < -0.39 is 5.60 Å². The summed E-state index contributed by atoms with van der Waals surface area (Å²) in [6, 6.07) is 3.76. The molecule has 23 heavy (non-hydrogen) atoms. The molecule has 0 amide bonds. The standard InChI is InChI=1S/C16H20ClN3O3/c1-16(21,12-8-19-20(2)9-12)10-18-7-11-5-13(17)15-14(6-11)22-3-4-23-15/h5-6,8-9,18,21H,3-4,7,10H2,1-2H3. The largest absolute Gasteiger partial charge is 0.486 e. The van der Waals surface area contributed by atoms with E-state index in [0.29, 0.717) is 42.8 Å². The maximum atomic E-state index is 10.5. The van der Waals surface area contributed by atoms with Crippen molar-refractivity contribution < 1.29 is 14.6 Å². The van der Waals surface area contributed by atoms with Crippen molar-refractivity contribution in [2.45, 2.75) is 19.1 Å². The van der Waals surface area contributed by atoms with Gasteiger partial charge in [0.05, 0.1) is 11.2 Å². The van der Waals surface area contributed by atoms with E-state index in [1.165, 1.54) is 0 Å². The quantitative estimate of drug-likeness (QED) is 0.871. The number of aromatic nitrogens is 2. The Bertz CT molecular complexity index is 700. The van der Waals surface area contributed by atoms with E-state index in [1.807, 2.05) is 25.4 Å². The molecule has 2 heterocycles. The zero-order valence-electron chi connectivity index (χ0n) is 13.2. The van der Waals surface area contributed by atoms with Gasteiger partial charge in [-0.1, -0.05) is 11.6 Å². The van der Waals surface area contributed by atoms with Crippen LogP contribution in [0.5, 0.6) is 11.5 Å². The molecular formula is C16H20ClN3O3. The Morgan fingerprint density at radius 3 is 2.91 bits per heavy atom. The zero-order chi connectivity index (χ0) is 16.4. The summed E-state index contributed by atoms with van der Waals surface area (Å²) in [5, 5.41) is 18.4. The average Bonchev–Trinajstić information content (AvgIpc) is 2.95. The highest BCUT2D eigenvalue weighted by atomic mass is 35.5. The molecule has 3 rings (SSSR count). The molecule has 1 aliphatic heterocycles. The minimum Gasteiger partial charge on any atom is -0.486 e. The molecule has 2 aromatic rings. The minimum absolute atomic E-state index is 0.394. The maximum Gasteiger partial charge on any atom is 0.179 e. The van der Waals surface area contributed by atoms with E-state index in [4.69, 9.17) is 21.1 Å². The van der Waals surface area contributed by atoms with Gasteiger partial charge in [0.1, 0.15) is 18.8 Å². The second kappa shape index (κ2) is 6.39. The summed E-state index contributed by atoms with van der Waals surface area (Å²) in [6.07, 6.45) is 3.48. The van der Waals surface area contributed by atoms with Crippen molar-refractivity contribution in [3.8, 4) is 11.5 Å². The van der Waals surface area contributed by atoms with Gasteiger partial charge in [0.25, 0.3) is 0 Å². The number of hydrogen-bond donors (Lipinski definition) is 2. The number of nitrogens with one attached hydrogen (secondary N) is 1. The van der Waals surface area contributed by atoms with Crippen LogP contribution in [-0.4, -0.2) is 34.6 Å². The first-order chi connectivity index (χ1) is 11.0. The van der Waals surface area contributed by atoms with E-state index in [1.54, 1.807) is 17.8 Å². The molecule has 0 radical (unpaired) electrons. The molecular weight excluding hydrogens is 318 g/mol. The van der Waals surface area contributed by atoms with Gasteiger partial charge in [-0.05, 0) is 24.6 Å². The molecule has 1 aromatic heterocycles. The number of aryl methyl sites for hydroxylation is 1. The fourth-order valence-corrected chi connectivity index (χ4v) is 2.81. The summed E-state index contributed by atoms with van der Waals surface area (Å²) < 4.78 is 12.7. The van der Waals surface area contributed by atoms with Gasteiger partial charge in [-0.25, -0.2) is 0 Å². The molecule has 0 bridgehead atoms. The number of halogens is 1. The molecule has 0 saturated carbocycles. The molecule has 0 spiro atoms. The first-order valence-electron chi connectivity index (χ1n) is 7.46. The van der Waals surface area contributed by atoms with E-state index in [0.717, 1.165) is 11.1 Å². The number of hydrogen-bond acceptors (Lipinski definition) is 5. The summed E-state index contributed by atoms with van der Waals surface area (Å²) in [5.41, 5.74) is 0.750. The molecule has 7 heteroatoms. The molecule has 1 aliphatic rings. The van der Waals surface area contributed by atoms with Gasteiger partial charge in [0.15, 0.2) is 11.5 Å². The lowest BCUT2D eigenvalue weighted by atomic mass is 9.99. The van der Waals surface area contributed by atoms with Crippen LogP contribution in [0.3, 0.4) is 0 Å². The van der Waals surface area contributed by atoms with Crippen molar-refractivity contribution in [1.82, 2.24) is 15.1 Å². The maximum absolute atomic E-state index is 10.5. The van der Waals surface area contributed by atoms with Gasteiger partial charge >= 0.3 is 0 Å². The number of aliphatic hydroxyl groups is 1. The van der Waals surface area contributed by atoms with Crippen molar-refractivity contribution in [2.75, 3.05) is 19.8 Å². The van der Waals surface area contributed by atoms with E-state index in [9.17, 15) is 5.11 Å². The summed E-state index contributed by atoms with van der Waals surface area (Å²) in [6.45, 7) is 3.75. The van der Waals surface area contributed by atoms with Crippen LogP contribution in [-0.2, 0) is 19.2 Å². The lowest BCUT2D eigenvalue weighted by Gasteiger charge is -2.23. The van der Waals surface area contributed by atoms with Crippen molar-refractivity contribution in [2.24, 2.45) is 7.05 Å². The topological polar surface area (TPSA) is 68.5 Å².